The van der Waals surface area contributed by atoms with Gasteiger partial charge < -0.3 is 4.90 Å². The summed E-state index contributed by atoms with van der Waals surface area (Å²) in [7, 11) is 2.20. The summed E-state index contributed by atoms with van der Waals surface area (Å²) in [4.78, 5) is 7.39. The molecule has 2 nitrogen and oxygen atoms in total. The molecule has 1 aromatic heterocycles. The maximum atomic E-state index is 4.98. The van der Waals surface area contributed by atoms with Gasteiger partial charge in [-0.2, -0.15) is 0 Å². The van der Waals surface area contributed by atoms with Crippen LogP contribution in [0.3, 0.4) is 0 Å². The van der Waals surface area contributed by atoms with E-state index in [0.717, 1.165) is 17.1 Å². The zero-order valence-electron chi connectivity index (χ0n) is 13.3. The van der Waals surface area contributed by atoms with Crippen LogP contribution < -0.4 is 0 Å². The van der Waals surface area contributed by atoms with E-state index in [-0.39, 0.29) is 0 Å². The van der Waals surface area contributed by atoms with Gasteiger partial charge in [-0.05, 0) is 37.7 Å². The van der Waals surface area contributed by atoms with Gasteiger partial charge in [0.1, 0.15) is 5.03 Å². The largest absolute Gasteiger partial charge is 0.305 e. The summed E-state index contributed by atoms with van der Waals surface area (Å²) in [5.74, 6) is 0. The molecule has 0 unspecified atom stereocenters. The number of hydrogen-bond acceptors (Lipinski definition) is 3. The van der Waals surface area contributed by atoms with E-state index in [1.807, 2.05) is 11.8 Å². The van der Waals surface area contributed by atoms with Crippen LogP contribution >= 0.6 is 11.8 Å². The van der Waals surface area contributed by atoms with Crippen molar-refractivity contribution >= 4 is 22.7 Å². The van der Waals surface area contributed by atoms with Gasteiger partial charge in [0.05, 0.1) is 5.52 Å². The topological polar surface area (TPSA) is 16.1 Å². The van der Waals surface area contributed by atoms with E-state index in [1.54, 1.807) is 0 Å². The molecule has 3 aromatic rings. The molecule has 3 heteroatoms. The Kier molecular flexibility index (Phi) is 4.06. The van der Waals surface area contributed by atoms with E-state index >= 15 is 0 Å². The first-order valence-corrected chi connectivity index (χ1v) is 8.98. The summed E-state index contributed by atoms with van der Waals surface area (Å²) >= 11 is 1.94. The van der Waals surface area contributed by atoms with E-state index < -0.39 is 0 Å². The molecule has 0 bridgehead atoms. The maximum Gasteiger partial charge on any atom is 0.105 e. The average molecular weight is 320 g/mol. The molecule has 0 amide bonds. The van der Waals surface area contributed by atoms with Crippen molar-refractivity contribution in [3.8, 4) is 11.1 Å². The number of pyridine rings is 1. The number of para-hydroxylation sites is 1. The molecular weight excluding hydrogens is 300 g/mol. The van der Waals surface area contributed by atoms with Crippen LogP contribution in [0.5, 0.6) is 0 Å². The number of fused-ring (bicyclic) bond motifs is 1. The van der Waals surface area contributed by atoms with Gasteiger partial charge in [-0.25, -0.2) is 4.98 Å². The van der Waals surface area contributed by atoms with Gasteiger partial charge in [-0.15, -0.1) is 11.8 Å². The highest BCUT2D eigenvalue weighted by molar-refractivity contribution is 8.00. The molecule has 4 rings (SSSR count). The lowest BCUT2D eigenvalue weighted by molar-refractivity contribution is 0.419. The van der Waals surface area contributed by atoms with Crippen molar-refractivity contribution in [1.82, 2.24) is 9.88 Å². The van der Waals surface area contributed by atoms with E-state index in [9.17, 15) is 0 Å². The SMILES string of the molecule is CN1CC[C@@H](Sc2nc3ccccc3cc2-c2ccccc2)C1. The highest BCUT2D eigenvalue weighted by Crippen LogP contribution is 2.37. The minimum absolute atomic E-state index is 0.635. The zero-order valence-corrected chi connectivity index (χ0v) is 14.1. The summed E-state index contributed by atoms with van der Waals surface area (Å²) in [5, 5.41) is 3.01. The Bertz CT molecular complexity index is 816. The van der Waals surface area contributed by atoms with Crippen molar-refractivity contribution in [2.24, 2.45) is 0 Å². The first-order valence-electron chi connectivity index (χ1n) is 8.10. The normalized spacial score (nSPS) is 18.6. The van der Waals surface area contributed by atoms with Crippen LogP contribution in [-0.2, 0) is 0 Å². The Morgan fingerprint density at radius 1 is 1.04 bits per heavy atom. The van der Waals surface area contributed by atoms with Crippen LogP contribution in [0.15, 0.2) is 65.7 Å². The third kappa shape index (κ3) is 3.12. The van der Waals surface area contributed by atoms with E-state index in [2.05, 4.69) is 72.6 Å². The van der Waals surface area contributed by atoms with Gasteiger partial charge in [-0.3, -0.25) is 0 Å². The average Bonchev–Trinajstić information content (AvgIpc) is 3.00. The fourth-order valence-electron chi connectivity index (χ4n) is 3.16. The van der Waals surface area contributed by atoms with Crippen LogP contribution in [0.4, 0.5) is 0 Å². The summed E-state index contributed by atoms with van der Waals surface area (Å²) in [6.45, 7) is 2.33. The minimum atomic E-state index is 0.635. The second-order valence-corrected chi connectivity index (χ2v) is 7.48. The van der Waals surface area contributed by atoms with Crippen molar-refractivity contribution < 1.29 is 0 Å². The van der Waals surface area contributed by atoms with Crippen molar-refractivity contribution in [1.29, 1.82) is 0 Å². The molecular formula is C20H20N2S. The molecule has 0 N–H and O–H groups in total. The molecule has 1 aliphatic rings. The number of likely N-dealkylation sites (tertiary alicyclic amines) is 1. The van der Waals surface area contributed by atoms with Crippen molar-refractivity contribution in [3.63, 3.8) is 0 Å². The van der Waals surface area contributed by atoms with Gasteiger partial charge in [0.2, 0.25) is 0 Å². The second kappa shape index (κ2) is 6.34. The predicted octanol–water partition coefficient (Wildman–Crippen LogP) is 4.70. The van der Waals surface area contributed by atoms with E-state index in [4.69, 9.17) is 4.98 Å². The molecule has 2 aromatic carbocycles. The lowest BCUT2D eigenvalue weighted by Crippen LogP contribution is -2.14. The zero-order chi connectivity index (χ0) is 15.6. The van der Waals surface area contributed by atoms with Crippen molar-refractivity contribution in [2.75, 3.05) is 20.1 Å². The van der Waals surface area contributed by atoms with Crippen LogP contribution in [0.25, 0.3) is 22.0 Å². The molecule has 1 aliphatic heterocycles. The molecule has 1 fully saturated rings. The Hall–Kier alpha value is -1.84. The molecule has 0 spiro atoms. The number of hydrogen-bond donors (Lipinski definition) is 0. The maximum absolute atomic E-state index is 4.98. The highest BCUT2D eigenvalue weighted by Gasteiger charge is 2.22. The Balaban J connectivity index is 1.79. The van der Waals surface area contributed by atoms with Crippen LogP contribution in [0, 0.1) is 0 Å². The molecule has 1 atom stereocenters. The third-order valence-electron chi connectivity index (χ3n) is 4.40. The molecule has 0 radical (unpaired) electrons. The Labute approximate surface area is 141 Å². The fraction of sp³-hybridized carbons (Fsp3) is 0.250. The van der Waals surface area contributed by atoms with Crippen LogP contribution in [0.2, 0.25) is 0 Å². The molecule has 0 saturated carbocycles. The van der Waals surface area contributed by atoms with Gasteiger partial charge in [0.25, 0.3) is 0 Å². The smallest absolute Gasteiger partial charge is 0.105 e. The fourth-order valence-corrected chi connectivity index (χ4v) is 4.48. The number of aromatic nitrogens is 1. The molecule has 116 valence electrons. The first-order chi connectivity index (χ1) is 11.3. The summed E-state index contributed by atoms with van der Waals surface area (Å²) in [6.07, 6.45) is 1.24. The molecule has 1 saturated heterocycles. The Morgan fingerprint density at radius 3 is 2.61 bits per heavy atom. The standard InChI is InChI=1S/C20H20N2S/c1-22-12-11-17(14-22)23-20-18(15-7-3-2-4-8-15)13-16-9-5-6-10-19(16)21-20/h2-10,13,17H,11-12,14H2,1H3/t17-/m1/s1. The summed E-state index contributed by atoms with van der Waals surface area (Å²) < 4.78 is 0. The van der Waals surface area contributed by atoms with Crippen molar-refractivity contribution in [2.45, 2.75) is 16.7 Å². The van der Waals surface area contributed by atoms with Gasteiger partial charge in [0.15, 0.2) is 0 Å². The number of rotatable bonds is 3. The van der Waals surface area contributed by atoms with E-state index in [1.165, 1.54) is 29.5 Å². The van der Waals surface area contributed by atoms with E-state index in [0.29, 0.717) is 5.25 Å². The lowest BCUT2D eigenvalue weighted by atomic mass is 10.1. The van der Waals surface area contributed by atoms with Gasteiger partial charge in [-0.1, -0.05) is 48.5 Å². The molecule has 0 aliphatic carbocycles. The summed E-state index contributed by atoms with van der Waals surface area (Å²) in [5.41, 5.74) is 3.59. The summed E-state index contributed by atoms with van der Waals surface area (Å²) in [6, 6.07) is 21.3. The van der Waals surface area contributed by atoms with Gasteiger partial charge in [0, 0.05) is 22.7 Å². The number of nitrogens with zero attached hydrogens (tertiary/aromatic N) is 2. The van der Waals surface area contributed by atoms with Crippen molar-refractivity contribution in [3.05, 3.63) is 60.7 Å². The minimum Gasteiger partial charge on any atom is -0.305 e. The van der Waals surface area contributed by atoms with Crippen LogP contribution in [0.1, 0.15) is 6.42 Å². The third-order valence-corrected chi connectivity index (χ3v) is 5.65. The van der Waals surface area contributed by atoms with Crippen LogP contribution in [-0.4, -0.2) is 35.3 Å². The monoisotopic (exact) mass is 320 g/mol. The Morgan fingerprint density at radius 2 is 1.83 bits per heavy atom. The highest BCUT2D eigenvalue weighted by atomic mass is 32.2. The molecule has 2 heterocycles. The van der Waals surface area contributed by atoms with Gasteiger partial charge >= 0.3 is 0 Å². The lowest BCUT2D eigenvalue weighted by Gasteiger charge is -2.14. The number of benzene rings is 2. The predicted molar refractivity (Wildman–Crippen MR) is 98.9 cm³/mol. The number of thioether (sulfide) groups is 1. The molecule has 23 heavy (non-hydrogen) atoms. The quantitative estimate of drug-likeness (QED) is 0.696. The first kappa shape index (κ1) is 14.7. The second-order valence-electron chi connectivity index (χ2n) is 6.19.